The monoisotopic (exact) mass is 393 g/mol. The van der Waals surface area contributed by atoms with E-state index in [1.165, 1.54) is 18.3 Å². The molecule has 0 atom stereocenters. The summed E-state index contributed by atoms with van der Waals surface area (Å²) in [6.45, 7) is 5.42. The Morgan fingerprint density at radius 2 is 1.86 bits per heavy atom. The summed E-state index contributed by atoms with van der Waals surface area (Å²) in [4.78, 5) is 39.3. The van der Waals surface area contributed by atoms with Gasteiger partial charge in [0.1, 0.15) is 6.54 Å². The van der Waals surface area contributed by atoms with Crippen molar-refractivity contribution in [3.05, 3.63) is 82.5 Å². The van der Waals surface area contributed by atoms with E-state index in [4.69, 9.17) is 5.11 Å². The summed E-state index contributed by atoms with van der Waals surface area (Å²) in [6, 6.07) is 11.9. The molecule has 2 aromatic heterocycles. The molecule has 0 saturated carbocycles. The predicted molar refractivity (Wildman–Crippen MR) is 112 cm³/mol. The number of aromatic nitrogens is 2. The predicted octanol–water partition coefficient (Wildman–Crippen LogP) is 3.58. The number of rotatable bonds is 5. The van der Waals surface area contributed by atoms with Gasteiger partial charge >= 0.3 is 5.97 Å². The van der Waals surface area contributed by atoms with E-state index >= 15 is 0 Å². The number of hydrogen-bond acceptors (Lipinski definition) is 4. The first-order chi connectivity index (χ1) is 13.9. The smallest absolute Gasteiger partial charge is 0.323 e. The van der Waals surface area contributed by atoms with Crippen molar-refractivity contribution < 1.29 is 14.7 Å². The van der Waals surface area contributed by atoms with Gasteiger partial charge in [0.15, 0.2) is 0 Å². The lowest BCUT2D eigenvalue weighted by Gasteiger charge is -2.10. The maximum atomic E-state index is 12.6. The fourth-order valence-electron chi connectivity index (χ4n) is 2.69. The highest BCUT2D eigenvalue weighted by Crippen LogP contribution is 2.22. The molecule has 1 aromatic carbocycles. The van der Waals surface area contributed by atoms with Crippen molar-refractivity contribution >= 4 is 17.6 Å². The molecule has 150 valence electrons. The van der Waals surface area contributed by atoms with Crippen LogP contribution in [0.4, 0.5) is 5.69 Å². The molecule has 1 amide bonds. The first-order valence-electron chi connectivity index (χ1n) is 9.18. The number of hydrogen-bond donors (Lipinski definition) is 2. The number of carbonyl (C=O) groups is 2. The largest absolute Gasteiger partial charge is 0.480 e. The minimum absolute atomic E-state index is 0.338. The van der Waals surface area contributed by atoms with Crippen LogP contribution in [0.15, 0.2) is 65.8 Å². The lowest BCUT2D eigenvalue weighted by molar-refractivity contribution is -0.137. The summed E-state index contributed by atoms with van der Waals surface area (Å²) < 4.78 is 1.02. The quantitative estimate of drug-likeness (QED) is 0.690. The van der Waals surface area contributed by atoms with E-state index in [-0.39, 0.29) is 5.91 Å². The van der Waals surface area contributed by atoms with E-state index in [2.05, 4.69) is 10.3 Å². The van der Waals surface area contributed by atoms with Gasteiger partial charge in [-0.1, -0.05) is 26.0 Å². The normalized spacial score (nSPS) is 9.90. The van der Waals surface area contributed by atoms with Crippen LogP contribution >= 0.6 is 0 Å². The molecule has 0 unspecified atom stereocenters. The van der Waals surface area contributed by atoms with Gasteiger partial charge in [-0.05, 0) is 42.3 Å². The molecule has 0 aliphatic rings. The van der Waals surface area contributed by atoms with Crippen LogP contribution in [0.1, 0.15) is 29.8 Å². The van der Waals surface area contributed by atoms with E-state index in [0.717, 1.165) is 21.3 Å². The lowest BCUT2D eigenvalue weighted by atomic mass is 10.0. The lowest BCUT2D eigenvalue weighted by Crippen LogP contribution is -2.24. The molecule has 7 nitrogen and oxygen atoms in total. The van der Waals surface area contributed by atoms with Gasteiger partial charge < -0.3 is 15.0 Å². The number of nitrogens with one attached hydrogen (secondary N) is 1. The number of benzene rings is 1. The van der Waals surface area contributed by atoms with Gasteiger partial charge in [0.25, 0.3) is 11.5 Å². The number of aryl methyl sites for hydroxylation is 1. The Balaban J connectivity index is 0.00000145. The molecular formula is C22H23N3O4. The highest BCUT2D eigenvalue weighted by molar-refractivity contribution is 6.05. The van der Waals surface area contributed by atoms with Crippen LogP contribution in [0.2, 0.25) is 0 Å². The van der Waals surface area contributed by atoms with E-state index in [0.29, 0.717) is 11.3 Å². The number of pyridine rings is 2. The Bertz CT molecular complexity index is 1060. The topological polar surface area (TPSA) is 101 Å². The Labute approximate surface area is 168 Å². The maximum absolute atomic E-state index is 12.6. The summed E-state index contributed by atoms with van der Waals surface area (Å²) in [7, 11) is 0. The van der Waals surface area contributed by atoms with Crippen molar-refractivity contribution in [1.29, 1.82) is 0 Å². The summed E-state index contributed by atoms with van der Waals surface area (Å²) in [6.07, 6.45) is 4.71. The van der Waals surface area contributed by atoms with Crippen molar-refractivity contribution in [2.45, 2.75) is 27.3 Å². The molecule has 0 aliphatic heterocycles. The minimum Gasteiger partial charge on any atom is -0.480 e. The molecule has 0 radical (unpaired) electrons. The van der Waals surface area contributed by atoms with Crippen molar-refractivity contribution in [3.8, 4) is 11.1 Å². The third kappa shape index (κ3) is 5.87. The van der Waals surface area contributed by atoms with Crippen LogP contribution in [0, 0.1) is 6.92 Å². The van der Waals surface area contributed by atoms with Gasteiger partial charge in [0, 0.05) is 35.8 Å². The third-order valence-corrected chi connectivity index (χ3v) is 3.88. The van der Waals surface area contributed by atoms with Gasteiger partial charge in [-0.3, -0.25) is 19.4 Å². The van der Waals surface area contributed by atoms with Crippen LogP contribution in [-0.2, 0) is 11.3 Å². The highest BCUT2D eigenvalue weighted by atomic mass is 16.4. The van der Waals surface area contributed by atoms with Gasteiger partial charge in [-0.2, -0.15) is 0 Å². The molecule has 0 fully saturated rings. The average Bonchev–Trinajstić information content (AvgIpc) is 2.72. The highest BCUT2D eigenvalue weighted by Gasteiger charge is 2.11. The van der Waals surface area contributed by atoms with Gasteiger partial charge in [-0.15, -0.1) is 0 Å². The third-order valence-electron chi connectivity index (χ3n) is 3.88. The Kier molecular flexibility index (Phi) is 7.42. The SMILES string of the molecule is CC.Cc1cc(C(=O)Nc2ccc(=O)n(CC(=O)O)c2)cc(-c2cccnc2)c1. The molecule has 2 heterocycles. The first kappa shape index (κ1) is 21.6. The van der Waals surface area contributed by atoms with Crippen molar-refractivity contribution in [3.63, 3.8) is 0 Å². The second kappa shape index (κ2) is 9.98. The van der Waals surface area contributed by atoms with E-state index in [1.54, 1.807) is 24.5 Å². The van der Waals surface area contributed by atoms with Crippen LogP contribution < -0.4 is 10.9 Å². The van der Waals surface area contributed by atoms with Crippen LogP contribution in [0.3, 0.4) is 0 Å². The number of carboxylic acids is 1. The molecule has 0 aliphatic carbocycles. The number of nitrogens with zero attached hydrogens (tertiary/aromatic N) is 2. The van der Waals surface area contributed by atoms with E-state index in [1.807, 2.05) is 39.0 Å². The van der Waals surface area contributed by atoms with Gasteiger partial charge in [0.05, 0.1) is 5.69 Å². The Hall–Kier alpha value is -3.74. The molecule has 7 heteroatoms. The van der Waals surface area contributed by atoms with Crippen LogP contribution in [-0.4, -0.2) is 26.5 Å². The second-order valence-corrected chi connectivity index (χ2v) is 6.06. The molecule has 3 rings (SSSR count). The van der Waals surface area contributed by atoms with Crippen molar-refractivity contribution in [2.75, 3.05) is 5.32 Å². The zero-order valence-electron chi connectivity index (χ0n) is 16.5. The second-order valence-electron chi connectivity index (χ2n) is 6.06. The minimum atomic E-state index is -1.14. The molecule has 3 aromatic rings. The van der Waals surface area contributed by atoms with Crippen LogP contribution in [0.25, 0.3) is 11.1 Å². The molecule has 29 heavy (non-hydrogen) atoms. The first-order valence-corrected chi connectivity index (χ1v) is 9.18. The fourth-order valence-corrected chi connectivity index (χ4v) is 2.69. The Morgan fingerprint density at radius 1 is 1.10 bits per heavy atom. The molecule has 0 saturated heterocycles. The zero-order valence-corrected chi connectivity index (χ0v) is 16.5. The van der Waals surface area contributed by atoms with Crippen LogP contribution in [0.5, 0.6) is 0 Å². The van der Waals surface area contributed by atoms with E-state index in [9.17, 15) is 14.4 Å². The van der Waals surface area contributed by atoms with Crippen molar-refractivity contribution in [2.24, 2.45) is 0 Å². The van der Waals surface area contributed by atoms with Gasteiger partial charge in [-0.25, -0.2) is 0 Å². The van der Waals surface area contributed by atoms with Crippen molar-refractivity contribution in [1.82, 2.24) is 9.55 Å². The molecule has 2 N–H and O–H groups in total. The molecular weight excluding hydrogens is 370 g/mol. The summed E-state index contributed by atoms with van der Waals surface area (Å²) >= 11 is 0. The molecule has 0 bridgehead atoms. The molecule has 0 spiro atoms. The van der Waals surface area contributed by atoms with Gasteiger partial charge in [0.2, 0.25) is 0 Å². The number of anilines is 1. The standard InChI is InChI=1S/C20H17N3O4.C2H6/c1-13-7-15(14-3-2-6-21-10-14)9-16(8-13)20(27)22-17-4-5-18(24)23(11-17)12-19(25)26;1-2/h2-11H,12H2,1H3,(H,22,27)(H,25,26);1-2H3. The number of carboxylic acid groups (broad SMARTS) is 1. The van der Waals surface area contributed by atoms with E-state index < -0.39 is 18.1 Å². The number of aliphatic carboxylic acids is 1. The zero-order chi connectivity index (χ0) is 21.4. The summed E-state index contributed by atoms with van der Waals surface area (Å²) in [5, 5.41) is 11.6. The summed E-state index contributed by atoms with van der Waals surface area (Å²) in [5.41, 5.74) is 3.01. The number of amides is 1. The number of carbonyl (C=O) groups excluding carboxylic acids is 1. The maximum Gasteiger partial charge on any atom is 0.323 e. The average molecular weight is 393 g/mol. The Morgan fingerprint density at radius 3 is 2.52 bits per heavy atom. The fraction of sp³-hybridized carbons (Fsp3) is 0.182. The summed E-state index contributed by atoms with van der Waals surface area (Å²) in [5.74, 6) is -1.50.